The Morgan fingerprint density at radius 1 is 1.04 bits per heavy atom. The molecule has 1 saturated heterocycles. The van der Waals surface area contributed by atoms with Crippen LogP contribution in [0.2, 0.25) is 0 Å². The summed E-state index contributed by atoms with van der Waals surface area (Å²) in [7, 11) is 0. The fourth-order valence-corrected chi connectivity index (χ4v) is 2.74. The molecule has 0 atom stereocenters. The molecule has 0 bridgehead atoms. The SMILES string of the molecule is N#Cc1cccc(C(=O)N2CCN(c3ccc(O)cc3)CC2)c1. The summed E-state index contributed by atoms with van der Waals surface area (Å²) in [6, 6.07) is 16.0. The predicted octanol–water partition coefficient (Wildman–Crippen LogP) is 2.23. The molecule has 1 amide bonds. The monoisotopic (exact) mass is 307 g/mol. The van der Waals surface area contributed by atoms with E-state index in [0.29, 0.717) is 24.2 Å². The van der Waals surface area contributed by atoms with Crippen molar-refractivity contribution in [2.24, 2.45) is 0 Å². The zero-order valence-corrected chi connectivity index (χ0v) is 12.6. The maximum Gasteiger partial charge on any atom is 0.254 e. The molecule has 1 aliphatic heterocycles. The van der Waals surface area contributed by atoms with E-state index < -0.39 is 0 Å². The molecule has 2 aromatic carbocycles. The molecule has 23 heavy (non-hydrogen) atoms. The van der Waals surface area contributed by atoms with Crippen LogP contribution in [-0.2, 0) is 0 Å². The lowest BCUT2D eigenvalue weighted by Gasteiger charge is -2.36. The first-order valence-corrected chi connectivity index (χ1v) is 7.51. The van der Waals surface area contributed by atoms with Gasteiger partial charge in [0.15, 0.2) is 0 Å². The summed E-state index contributed by atoms with van der Waals surface area (Å²) in [4.78, 5) is 16.5. The Hall–Kier alpha value is -3.00. The molecule has 0 aromatic heterocycles. The molecule has 0 aliphatic carbocycles. The molecule has 1 N–H and O–H groups in total. The van der Waals surface area contributed by atoms with Crippen LogP contribution in [0, 0.1) is 11.3 Å². The Bertz CT molecular complexity index is 742. The van der Waals surface area contributed by atoms with Gasteiger partial charge in [-0.3, -0.25) is 4.79 Å². The van der Waals surface area contributed by atoms with E-state index in [2.05, 4.69) is 11.0 Å². The summed E-state index contributed by atoms with van der Waals surface area (Å²) < 4.78 is 0. The molecular formula is C18H17N3O2. The highest BCUT2D eigenvalue weighted by molar-refractivity contribution is 5.94. The van der Waals surface area contributed by atoms with Crippen LogP contribution in [0.5, 0.6) is 5.75 Å². The van der Waals surface area contributed by atoms with E-state index in [1.54, 1.807) is 36.4 Å². The molecule has 0 unspecified atom stereocenters. The second-order valence-electron chi connectivity index (χ2n) is 5.49. The van der Waals surface area contributed by atoms with E-state index in [-0.39, 0.29) is 11.7 Å². The van der Waals surface area contributed by atoms with Crippen LogP contribution in [0.1, 0.15) is 15.9 Å². The molecule has 5 nitrogen and oxygen atoms in total. The number of phenolic OH excluding ortho intramolecular Hbond substituents is 1. The van der Waals surface area contributed by atoms with Gasteiger partial charge < -0.3 is 14.9 Å². The minimum Gasteiger partial charge on any atom is -0.508 e. The summed E-state index contributed by atoms with van der Waals surface area (Å²) in [5.74, 6) is 0.215. The Balaban J connectivity index is 1.65. The van der Waals surface area contributed by atoms with Crippen molar-refractivity contribution in [3.8, 4) is 11.8 Å². The van der Waals surface area contributed by atoms with Gasteiger partial charge in [-0.05, 0) is 42.5 Å². The normalized spacial score (nSPS) is 14.4. The lowest BCUT2D eigenvalue weighted by molar-refractivity contribution is 0.0747. The Morgan fingerprint density at radius 2 is 1.74 bits per heavy atom. The van der Waals surface area contributed by atoms with Crippen molar-refractivity contribution in [2.75, 3.05) is 31.1 Å². The second-order valence-corrected chi connectivity index (χ2v) is 5.49. The number of nitrogens with zero attached hydrogens (tertiary/aromatic N) is 3. The fourth-order valence-electron chi connectivity index (χ4n) is 2.74. The average Bonchev–Trinajstić information content (AvgIpc) is 2.62. The van der Waals surface area contributed by atoms with Crippen molar-refractivity contribution in [2.45, 2.75) is 0 Å². The third-order valence-electron chi connectivity index (χ3n) is 4.02. The van der Waals surface area contributed by atoms with Crippen molar-refractivity contribution in [3.05, 3.63) is 59.7 Å². The number of aromatic hydroxyl groups is 1. The topological polar surface area (TPSA) is 67.6 Å². The third-order valence-corrected chi connectivity index (χ3v) is 4.02. The standard InChI is InChI=1S/C18H17N3O2/c19-13-14-2-1-3-15(12-14)18(23)21-10-8-20(9-11-21)16-4-6-17(22)7-5-16/h1-7,12,22H,8-11H2. The summed E-state index contributed by atoms with van der Waals surface area (Å²) >= 11 is 0. The summed E-state index contributed by atoms with van der Waals surface area (Å²) in [6.45, 7) is 2.76. The highest BCUT2D eigenvalue weighted by atomic mass is 16.3. The second kappa shape index (κ2) is 6.41. The van der Waals surface area contributed by atoms with E-state index in [0.717, 1.165) is 18.8 Å². The quantitative estimate of drug-likeness (QED) is 0.924. The van der Waals surface area contributed by atoms with Gasteiger partial charge in [-0.15, -0.1) is 0 Å². The number of carbonyl (C=O) groups is 1. The zero-order chi connectivity index (χ0) is 16.2. The summed E-state index contributed by atoms with van der Waals surface area (Å²) in [5.41, 5.74) is 2.10. The van der Waals surface area contributed by atoms with Gasteiger partial charge in [0.2, 0.25) is 0 Å². The smallest absolute Gasteiger partial charge is 0.254 e. The zero-order valence-electron chi connectivity index (χ0n) is 12.6. The molecule has 0 spiro atoms. The first-order valence-electron chi connectivity index (χ1n) is 7.51. The van der Waals surface area contributed by atoms with Crippen LogP contribution >= 0.6 is 0 Å². The maximum atomic E-state index is 12.5. The number of hydrogen-bond acceptors (Lipinski definition) is 4. The van der Waals surface area contributed by atoms with E-state index in [1.807, 2.05) is 17.0 Å². The lowest BCUT2D eigenvalue weighted by atomic mass is 10.1. The van der Waals surface area contributed by atoms with Crippen LogP contribution in [0.25, 0.3) is 0 Å². The van der Waals surface area contributed by atoms with Gasteiger partial charge in [0.1, 0.15) is 5.75 Å². The van der Waals surface area contributed by atoms with Gasteiger partial charge >= 0.3 is 0 Å². The van der Waals surface area contributed by atoms with Gasteiger partial charge in [0.05, 0.1) is 11.6 Å². The van der Waals surface area contributed by atoms with Gasteiger partial charge in [-0.25, -0.2) is 0 Å². The van der Waals surface area contributed by atoms with Crippen LogP contribution < -0.4 is 4.90 Å². The van der Waals surface area contributed by atoms with Crippen LogP contribution in [-0.4, -0.2) is 42.1 Å². The van der Waals surface area contributed by atoms with E-state index in [1.165, 1.54) is 0 Å². The van der Waals surface area contributed by atoms with Crippen LogP contribution in [0.3, 0.4) is 0 Å². The van der Waals surface area contributed by atoms with Gasteiger partial charge in [-0.1, -0.05) is 6.07 Å². The number of amides is 1. The summed E-state index contributed by atoms with van der Waals surface area (Å²) in [5, 5.41) is 18.3. The van der Waals surface area contributed by atoms with Gasteiger partial charge in [-0.2, -0.15) is 5.26 Å². The minimum absolute atomic E-state index is 0.0348. The van der Waals surface area contributed by atoms with Gasteiger partial charge in [0.25, 0.3) is 5.91 Å². The molecule has 0 radical (unpaired) electrons. The van der Waals surface area contributed by atoms with Crippen LogP contribution in [0.15, 0.2) is 48.5 Å². The Morgan fingerprint density at radius 3 is 2.39 bits per heavy atom. The van der Waals surface area contributed by atoms with E-state index >= 15 is 0 Å². The number of hydrogen-bond donors (Lipinski definition) is 1. The largest absolute Gasteiger partial charge is 0.508 e. The van der Waals surface area contributed by atoms with Crippen LogP contribution in [0.4, 0.5) is 5.69 Å². The van der Waals surface area contributed by atoms with E-state index in [9.17, 15) is 9.90 Å². The number of piperazine rings is 1. The molecule has 1 aliphatic rings. The Kier molecular flexibility index (Phi) is 4.15. The highest BCUT2D eigenvalue weighted by Crippen LogP contribution is 2.20. The third kappa shape index (κ3) is 3.27. The molecule has 116 valence electrons. The van der Waals surface area contributed by atoms with Crippen molar-refractivity contribution < 1.29 is 9.90 Å². The first-order chi connectivity index (χ1) is 11.2. The summed E-state index contributed by atoms with van der Waals surface area (Å²) in [6.07, 6.45) is 0. The van der Waals surface area contributed by atoms with Crippen molar-refractivity contribution in [1.82, 2.24) is 4.90 Å². The Labute approximate surface area is 135 Å². The average molecular weight is 307 g/mol. The number of nitriles is 1. The minimum atomic E-state index is -0.0348. The number of phenols is 1. The molecule has 5 heteroatoms. The molecule has 3 rings (SSSR count). The highest BCUT2D eigenvalue weighted by Gasteiger charge is 2.22. The molecule has 2 aromatic rings. The van der Waals surface area contributed by atoms with Crippen molar-refractivity contribution in [3.63, 3.8) is 0 Å². The lowest BCUT2D eigenvalue weighted by Crippen LogP contribution is -2.48. The maximum absolute atomic E-state index is 12.5. The molecular weight excluding hydrogens is 290 g/mol. The van der Waals surface area contributed by atoms with Crippen molar-refractivity contribution >= 4 is 11.6 Å². The van der Waals surface area contributed by atoms with Gasteiger partial charge in [0, 0.05) is 37.4 Å². The van der Waals surface area contributed by atoms with Crippen molar-refractivity contribution in [1.29, 1.82) is 5.26 Å². The molecule has 1 heterocycles. The number of benzene rings is 2. The van der Waals surface area contributed by atoms with E-state index in [4.69, 9.17) is 5.26 Å². The molecule has 1 fully saturated rings. The predicted molar refractivity (Wildman–Crippen MR) is 87.4 cm³/mol. The molecule has 0 saturated carbocycles. The number of rotatable bonds is 2. The first kappa shape index (κ1) is 14.9. The fraction of sp³-hybridized carbons (Fsp3) is 0.222. The number of anilines is 1. The number of carbonyl (C=O) groups excluding carboxylic acids is 1.